The van der Waals surface area contributed by atoms with Gasteiger partial charge in [0.25, 0.3) is 0 Å². The number of H-pyrrole nitrogens is 1. The van der Waals surface area contributed by atoms with Crippen molar-refractivity contribution >= 4 is 0 Å². The van der Waals surface area contributed by atoms with Crippen molar-refractivity contribution in [3.05, 3.63) is 23.0 Å². The predicted octanol–water partition coefficient (Wildman–Crippen LogP) is 2.35. The molecule has 1 aliphatic carbocycles. The zero-order valence-corrected chi connectivity index (χ0v) is 9.41. The van der Waals surface area contributed by atoms with Crippen LogP contribution < -0.4 is 5.32 Å². The van der Waals surface area contributed by atoms with E-state index < -0.39 is 0 Å². The standard InChI is InChI=1S/C12H20N2/c1-12(2,13-3)11-8-9-6-4-5-7-10(9)14-11/h8,13-14H,4-7H2,1-3H3. The average Bonchev–Trinajstić information content (AvgIpc) is 2.61. The summed E-state index contributed by atoms with van der Waals surface area (Å²) in [6.07, 6.45) is 5.18. The fourth-order valence-electron chi connectivity index (χ4n) is 2.07. The lowest BCUT2D eigenvalue weighted by molar-refractivity contribution is 0.432. The Morgan fingerprint density at radius 2 is 2.00 bits per heavy atom. The lowest BCUT2D eigenvalue weighted by Gasteiger charge is -2.22. The molecule has 2 heteroatoms. The topological polar surface area (TPSA) is 27.8 Å². The summed E-state index contributed by atoms with van der Waals surface area (Å²) >= 11 is 0. The molecule has 0 spiro atoms. The highest BCUT2D eigenvalue weighted by Crippen LogP contribution is 2.26. The van der Waals surface area contributed by atoms with Crippen LogP contribution in [0.2, 0.25) is 0 Å². The fraction of sp³-hybridized carbons (Fsp3) is 0.667. The normalized spacial score (nSPS) is 16.8. The van der Waals surface area contributed by atoms with Crippen LogP contribution in [0, 0.1) is 0 Å². The Morgan fingerprint density at radius 3 is 2.64 bits per heavy atom. The largest absolute Gasteiger partial charge is 0.361 e. The number of hydrogen-bond donors (Lipinski definition) is 2. The average molecular weight is 192 g/mol. The molecule has 0 saturated carbocycles. The number of aromatic amines is 1. The van der Waals surface area contributed by atoms with Gasteiger partial charge in [-0.2, -0.15) is 0 Å². The summed E-state index contributed by atoms with van der Waals surface area (Å²) in [6.45, 7) is 4.43. The first-order valence-corrected chi connectivity index (χ1v) is 5.53. The minimum atomic E-state index is 0.0668. The summed E-state index contributed by atoms with van der Waals surface area (Å²) in [6, 6.07) is 2.34. The molecule has 0 fully saturated rings. The van der Waals surface area contributed by atoms with Crippen LogP contribution in [-0.4, -0.2) is 12.0 Å². The van der Waals surface area contributed by atoms with Crippen molar-refractivity contribution in [2.24, 2.45) is 0 Å². The van der Waals surface area contributed by atoms with E-state index in [-0.39, 0.29) is 5.54 Å². The van der Waals surface area contributed by atoms with Crippen LogP contribution in [0.3, 0.4) is 0 Å². The minimum Gasteiger partial charge on any atom is -0.361 e. The number of fused-ring (bicyclic) bond motifs is 1. The summed E-state index contributed by atoms with van der Waals surface area (Å²) < 4.78 is 0. The van der Waals surface area contributed by atoms with E-state index in [1.807, 2.05) is 7.05 Å². The first-order valence-electron chi connectivity index (χ1n) is 5.53. The second kappa shape index (κ2) is 3.43. The summed E-state index contributed by atoms with van der Waals surface area (Å²) in [5.41, 5.74) is 4.40. The monoisotopic (exact) mass is 192 g/mol. The first-order chi connectivity index (χ1) is 6.63. The first kappa shape index (κ1) is 9.78. The van der Waals surface area contributed by atoms with Gasteiger partial charge < -0.3 is 10.3 Å². The summed E-state index contributed by atoms with van der Waals surface area (Å²) in [4.78, 5) is 3.56. The molecular formula is C12H20N2. The highest BCUT2D eigenvalue weighted by atomic mass is 15.0. The summed E-state index contributed by atoms with van der Waals surface area (Å²) in [7, 11) is 2.01. The molecule has 0 aliphatic heterocycles. The van der Waals surface area contributed by atoms with E-state index in [2.05, 4.69) is 30.2 Å². The van der Waals surface area contributed by atoms with E-state index in [9.17, 15) is 0 Å². The number of aryl methyl sites for hydroxylation is 2. The second-order valence-electron chi connectivity index (χ2n) is 4.77. The van der Waals surface area contributed by atoms with E-state index in [1.165, 1.54) is 42.6 Å². The van der Waals surface area contributed by atoms with Crippen molar-refractivity contribution in [1.29, 1.82) is 0 Å². The van der Waals surface area contributed by atoms with Crippen molar-refractivity contribution in [2.75, 3.05) is 7.05 Å². The van der Waals surface area contributed by atoms with Gasteiger partial charge in [-0.25, -0.2) is 0 Å². The SMILES string of the molecule is CNC(C)(C)c1cc2c([nH]1)CCCC2. The third kappa shape index (κ3) is 1.59. The maximum atomic E-state index is 3.56. The second-order valence-corrected chi connectivity index (χ2v) is 4.77. The van der Waals surface area contributed by atoms with E-state index in [4.69, 9.17) is 0 Å². The Balaban J connectivity index is 2.32. The third-order valence-electron chi connectivity index (χ3n) is 3.41. The molecule has 2 rings (SSSR count). The van der Waals surface area contributed by atoms with Crippen LogP contribution in [0.15, 0.2) is 6.07 Å². The number of hydrogen-bond acceptors (Lipinski definition) is 1. The van der Waals surface area contributed by atoms with Crippen molar-refractivity contribution < 1.29 is 0 Å². The molecule has 1 aliphatic rings. The quantitative estimate of drug-likeness (QED) is 0.739. The molecular weight excluding hydrogens is 172 g/mol. The zero-order valence-electron chi connectivity index (χ0n) is 9.41. The molecule has 0 bridgehead atoms. The Kier molecular flexibility index (Phi) is 2.40. The van der Waals surface area contributed by atoms with Crippen LogP contribution in [0.5, 0.6) is 0 Å². The number of aromatic nitrogens is 1. The van der Waals surface area contributed by atoms with Gasteiger partial charge in [0.1, 0.15) is 0 Å². The molecule has 0 saturated heterocycles. The molecule has 0 radical (unpaired) electrons. The molecule has 1 aromatic rings. The van der Waals surface area contributed by atoms with Crippen LogP contribution in [0.4, 0.5) is 0 Å². The molecule has 78 valence electrons. The van der Waals surface area contributed by atoms with Gasteiger partial charge in [-0.3, -0.25) is 0 Å². The van der Waals surface area contributed by atoms with Crippen molar-refractivity contribution in [3.63, 3.8) is 0 Å². The Hall–Kier alpha value is -0.760. The van der Waals surface area contributed by atoms with E-state index >= 15 is 0 Å². The molecule has 0 atom stereocenters. The molecule has 0 aromatic carbocycles. The minimum absolute atomic E-state index is 0.0668. The van der Waals surface area contributed by atoms with Gasteiger partial charge in [-0.15, -0.1) is 0 Å². The van der Waals surface area contributed by atoms with E-state index in [0.29, 0.717) is 0 Å². The number of rotatable bonds is 2. The molecule has 14 heavy (non-hydrogen) atoms. The summed E-state index contributed by atoms with van der Waals surface area (Å²) in [5, 5.41) is 3.34. The summed E-state index contributed by atoms with van der Waals surface area (Å²) in [5.74, 6) is 0. The lowest BCUT2D eigenvalue weighted by atomic mass is 9.96. The Morgan fingerprint density at radius 1 is 1.29 bits per heavy atom. The third-order valence-corrected chi connectivity index (χ3v) is 3.41. The van der Waals surface area contributed by atoms with Gasteiger partial charge in [0.05, 0.1) is 5.54 Å². The van der Waals surface area contributed by atoms with Gasteiger partial charge in [0.2, 0.25) is 0 Å². The molecule has 2 N–H and O–H groups in total. The van der Waals surface area contributed by atoms with Crippen molar-refractivity contribution in [1.82, 2.24) is 10.3 Å². The molecule has 0 amide bonds. The highest BCUT2D eigenvalue weighted by molar-refractivity contribution is 5.31. The molecule has 0 unspecified atom stereocenters. The van der Waals surface area contributed by atoms with E-state index in [0.717, 1.165) is 0 Å². The van der Waals surface area contributed by atoms with Crippen LogP contribution in [0.25, 0.3) is 0 Å². The van der Waals surface area contributed by atoms with Gasteiger partial charge in [0, 0.05) is 11.4 Å². The maximum Gasteiger partial charge on any atom is 0.0527 e. The molecule has 1 aromatic heterocycles. The van der Waals surface area contributed by atoms with Crippen molar-refractivity contribution in [2.45, 2.75) is 45.1 Å². The van der Waals surface area contributed by atoms with Gasteiger partial charge in [-0.1, -0.05) is 0 Å². The lowest BCUT2D eigenvalue weighted by Crippen LogP contribution is -2.33. The van der Waals surface area contributed by atoms with Gasteiger partial charge in [-0.05, 0) is 58.2 Å². The predicted molar refractivity (Wildman–Crippen MR) is 59.5 cm³/mol. The molecule has 2 nitrogen and oxygen atoms in total. The van der Waals surface area contributed by atoms with Crippen LogP contribution >= 0.6 is 0 Å². The fourth-order valence-corrected chi connectivity index (χ4v) is 2.07. The maximum absolute atomic E-state index is 3.56. The molecule has 1 heterocycles. The Bertz CT molecular complexity index is 300. The van der Waals surface area contributed by atoms with Gasteiger partial charge in [0.15, 0.2) is 0 Å². The zero-order chi connectivity index (χ0) is 10.2. The smallest absolute Gasteiger partial charge is 0.0527 e. The van der Waals surface area contributed by atoms with E-state index in [1.54, 1.807) is 0 Å². The highest BCUT2D eigenvalue weighted by Gasteiger charge is 2.22. The van der Waals surface area contributed by atoms with Crippen LogP contribution in [0.1, 0.15) is 43.6 Å². The number of nitrogens with one attached hydrogen (secondary N) is 2. The van der Waals surface area contributed by atoms with Gasteiger partial charge >= 0.3 is 0 Å². The van der Waals surface area contributed by atoms with Crippen LogP contribution in [-0.2, 0) is 18.4 Å². The van der Waals surface area contributed by atoms with Crippen molar-refractivity contribution in [3.8, 4) is 0 Å². The Labute approximate surface area is 86.1 Å².